The van der Waals surface area contributed by atoms with Crippen molar-refractivity contribution in [3.63, 3.8) is 0 Å². The minimum atomic E-state index is -4.50. The molecule has 1 aliphatic carbocycles. The lowest BCUT2D eigenvalue weighted by atomic mass is 10.1. The highest BCUT2D eigenvalue weighted by Gasteiger charge is 2.34. The largest absolute Gasteiger partial charge is 0.433 e. The van der Waals surface area contributed by atoms with Gasteiger partial charge in [-0.2, -0.15) is 13.2 Å². The topological polar surface area (TPSA) is 52.1 Å². The Kier molecular flexibility index (Phi) is 5.25. The van der Waals surface area contributed by atoms with E-state index in [1.807, 2.05) is 0 Å². The molecule has 0 spiro atoms. The van der Waals surface area contributed by atoms with Crippen molar-refractivity contribution in [2.75, 3.05) is 0 Å². The predicted molar refractivity (Wildman–Crippen MR) is 88.8 cm³/mol. The van der Waals surface area contributed by atoms with Crippen LogP contribution in [0.1, 0.15) is 61.3 Å². The maximum atomic E-state index is 13.2. The van der Waals surface area contributed by atoms with Crippen LogP contribution in [-0.4, -0.2) is 15.9 Å². The molecule has 3 rings (SSSR count). The van der Waals surface area contributed by atoms with Crippen LogP contribution in [0.4, 0.5) is 13.2 Å². The molecular formula is C19H19F3N2O2. The van der Waals surface area contributed by atoms with E-state index in [0.29, 0.717) is 17.3 Å². The van der Waals surface area contributed by atoms with Gasteiger partial charge in [-0.05, 0) is 36.6 Å². The minimum Gasteiger partial charge on any atom is -0.427 e. The van der Waals surface area contributed by atoms with Gasteiger partial charge in [0.05, 0.1) is 0 Å². The second-order valence-corrected chi connectivity index (χ2v) is 6.50. The van der Waals surface area contributed by atoms with Crippen LogP contribution in [0, 0.1) is 0 Å². The number of ether oxygens (including phenoxy) is 1. The van der Waals surface area contributed by atoms with Gasteiger partial charge in [-0.15, -0.1) is 0 Å². The van der Waals surface area contributed by atoms with E-state index >= 15 is 0 Å². The molecule has 2 aromatic rings. The van der Waals surface area contributed by atoms with E-state index in [1.54, 1.807) is 24.3 Å². The number of aromatic nitrogens is 2. The number of nitrogens with zero attached hydrogens (tertiary/aromatic N) is 2. The number of benzene rings is 1. The number of rotatable bonds is 4. The lowest BCUT2D eigenvalue weighted by Crippen LogP contribution is -2.14. The van der Waals surface area contributed by atoms with Crippen molar-refractivity contribution < 1.29 is 22.7 Å². The highest BCUT2D eigenvalue weighted by atomic mass is 19.4. The van der Waals surface area contributed by atoms with Gasteiger partial charge in [-0.3, -0.25) is 4.79 Å². The Morgan fingerprint density at radius 3 is 2.38 bits per heavy atom. The Balaban J connectivity index is 1.86. The maximum absolute atomic E-state index is 13.2. The van der Waals surface area contributed by atoms with Crippen LogP contribution in [0.5, 0.6) is 5.75 Å². The number of halogens is 3. The van der Waals surface area contributed by atoms with Gasteiger partial charge in [0, 0.05) is 25.0 Å². The molecule has 0 saturated heterocycles. The molecule has 0 N–H and O–H groups in total. The first-order valence-corrected chi connectivity index (χ1v) is 8.53. The van der Waals surface area contributed by atoms with Crippen LogP contribution in [0.3, 0.4) is 0 Å². The fourth-order valence-electron chi connectivity index (χ4n) is 3.17. The monoisotopic (exact) mass is 364 g/mol. The van der Waals surface area contributed by atoms with Gasteiger partial charge in [0.25, 0.3) is 0 Å². The summed E-state index contributed by atoms with van der Waals surface area (Å²) in [5.41, 5.74) is 0.237. The summed E-state index contributed by atoms with van der Waals surface area (Å²) in [6.45, 7) is 1.30. The van der Waals surface area contributed by atoms with E-state index in [-0.39, 0.29) is 12.3 Å². The van der Waals surface area contributed by atoms with Gasteiger partial charge >= 0.3 is 12.1 Å². The zero-order valence-corrected chi connectivity index (χ0v) is 14.3. The Labute approximate surface area is 149 Å². The molecule has 1 saturated carbocycles. The third kappa shape index (κ3) is 4.59. The van der Waals surface area contributed by atoms with Crippen LogP contribution in [-0.2, 0) is 17.4 Å². The zero-order valence-electron chi connectivity index (χ0n) is 14.3. The molecule has 1 heterocycles. The summed E-state index contributed by atoms with van der Waals surface area (Å²) in [5, 5.41) is 0. The normalized spacial score (nSPS) is 15.2. The molecule has 0 atom stereocenters. The van der Waals surface area contributed by atoms with Crippen LogP contribution in [0.15, 0.2) is 30.3 Å². The molecule has 26 heavy (non-hydrogen) atoms. The molecule has 4 nitrogen and oxygen atoms in total. The van der Waals surface area contributed by atoms with Crippen molar-refractivity contribution in [1.29, 1.82) is 0 Å². The molecule has 0 bridgehead atoms. The molecule has 1 aromatic carbocycles. The van der Waals surface area contributed by atoms with Gasteiger partial charge in [0.1, 0.15) is 17.3 Å². The number of hydrogen-bond acceptors (Lipinski definition) is 4. The van der Waals surface area contributed by atoms with Gasteiger partial charge < -0.3 is 4.74 Å². The van der Waals surface area contributed by atoms with Crippen LogP contribution >= 0.6 is 0 Å². The van der Waals surface area contributed by atoms with Crippen molar-refractivity contribution in [3.8, 4) is 5.75 Å². The van der Waals surface area contributed by atoms with Gasteiger partial charge in [0.2, 0.25) is 0 Å². The minimum absolute atomic E-state index is 0.00222. The molecule has 1 aliphatic rings. The van der Waals surface area contributed by atoms with Crippen LogP contribution in [0.25, 0.3) is 0 Å². The standard InChI is InChI=1S/C19H19F3N2O2/c1-12(25)26-16-8-6-13(7-9-16)10-15-11-17(19(20,21)22)24-18(23-15)14-4-2-3-5-14/h6-9,11,14H,2-5,10H2,1H3. The second kappa shape index (κ2) is 7.43. The molecule has 1 aromatic heterocycles. The highest BCUT2D eigenvalue weighted by Crippen LogP contribution is 2.35. The number of hydrogen-bond donors (Lipinski definition) is 0. The fraction of sp³-hybridized carbons (Fsp3) is 0.421. The molecule has 0 radical (unpaired) electrons. The molecule has 0 aliphatic heterocycles. The summed E-state index contributed by atoms with van der Waals surface area (Å²) in [6.07, 6.45) is -0.583. The van der Waals surface area contributed by atoms with E-state index in [1.165, 1.54) is 6.92 Å². The Hall–Kier alpha value is -2.44. The summed E-state index contributed by atoms with van der Waals surface area (Å²) in [4.78, 5) is 19.1. The second-order valence-electron chi connectivity index (χ2n) is 6.50. The molecule has 138 valence electrons. The zero-order chi connectivity index (χ0) is 18.7. The van der Waals surface area contributed by atoms with E-state index in [4.69, 9.17) is 4.74 Å². The summed E-state index contributed by atoms with van der Waals surface area (Å²) in [5.74, 6) is 0.266. The average Bonchev–Trinajstić information content (AvgIpc) is 3.10. The van der Waals surface area contributed by atoms with Crippen LogP contribution < -0.4 is 4.74 Å². The van der Waals surface area contributed by atoms with E-state index in [2.05, 4.69) is 9.97 Å². The molecule has 7 heteroatoms. The summed E-state index contributed by atoms with van der Waals surface area (Å²) in [7, 11) is 0. The van der Waals surface area contributed by atoms with Crippen molar-refractivity contribution in [2.24, 2.45) is 0 Å². The Morgan fingerprint density at radius 1 is 1.15 bits per heavy atom. The predicted octanol–water partition coefficient (Wildman–Crippen LogP) is 4.67. The van der Waals surface area contributed by atoms with Crippen molar-refractivity contribution in [3.05, 3.63) is 53.1 Å². The molecule has 0 unspecified atom stereocenters. The first-order chi connectivity index (χ1) is 12.3. The molecule has 1 fully saturated rings. The number of esters is 1. The van der Waals surface area contributed by atoms with Crippen molar-refractivity contribution >= 4 is 5.97 Å². The average molecular weight is 364 g/mol. The SMILES string of the molecule is CC(=O)Oc1ccc(Cc2cc(C(F)(F)F)nc(C3CCCC3)n2)cc1. The van der Waals surface area contributed by atoms with E-state index in [0.717, 1.165) is 37.3 Å². The summed E-state index contributed by atoms with van der Waals surface area (Å²) in [6, 6.07) is 7.66. The molecular weight excluding hydrogens is 345 g/mol. The van der Waals surface area contributed by atoms with E-state index in [9.17, 15) is 18.0 Å². The number of alkyl halides is 3. The highest BCUT2D eigenvalue weighted by molar-refractivity contribution is 5.69. The van der Waals surface area contributed by atoms with Gasteiger partial charge in [0.15, 0.2) is 0 Å². The first-order valence-electron chi connectivity index (χ1n) is 8.53. The lowest BCUT2D eigenvalue weighted by molar-refractivity contribution is -0.141. The first kappa shape index (κ1) is 18.4. The van der Waals surface area contributed by atoms with E-state index < -0.39 is 17.8 Å². The smallest absolute Gasteiger partial charge is 0.427 e. The van der Waals surface area contributed by atoms with Crippen molar-refractivity contribution in [2.45, 2.75) is 51.1 Å². The Morgan fingerprint density at radius 2 is 1.81 bits per heavy atom. The fourth-order valence-corrected chi connectivity index (χ4v) is 3.17. The third-order valence-corrected chi connectivity index (χ3v) is 4.38. The van der Waals surface area contributed by atoms with Gasteiger partial charge in [-0.25, -0.2) is 9.97 Å². The Bertz CT molecular complexity index is 782. The van der Waals surface area contributed by atoms with Gasteiger partial charge in [-0.1, -0.05) is 25.0 Å². The lowest BCUT2D eigenvalue weighted by Gasteiger charge is -2.14. The molecule has 0 amide bonds. The van der Waals surface area contributed by atoms with Crippen molar-refractivity contribution in [1.82, 2.24) is 9.97 Å². The third-order valence-electron chi connectivity index (χ3n) is 4.38. The maximum Gasteiger partial charge on any atom is 0.433 e. The summed E-state index contributed by atoms with van der Waals surface area (Å²) < 4.78 is 44.6. The number of carbonyl (C=O) groups excluding carboxylic acids is 1. The quantitative estimate of drug-likeness (QED) is 0.584. The summed E-state index contributed by atoms with van der Waals surface area (Å²) >= 11 is 0. The number of carbonyl (C=O) groups is 1. The van der Waals surface area contributed by atoms with Crippen LogP contribution in [0.2, 0.25) is 0 Å².